The third kappa shape index (κ3) is 3.20. The number of aryl methyl sites for hydroxylation is 3. The fourth-order valence-electron chi connectivity index (χ4n) is 1.93. The first kappa shape index (κ1) is 14.5. The summed E-state index contributed by atoms with van der Waals surface area (Å²) in [6.07, 6.45) is 1.73. The van der Waals surface area contributed by atoms with E-state index in [9.17, 15) is 4.79 Å². The fourth-order valence-corrected chi connectivity index (χ4v) is 1.93. The van der Waals surface area contributed by atoms with Gasteiger partial charge in [-0.1, -0.05) is 18.2 Å². The maximum absolute atomic E-state index is 11.8. The highest BCUT2D eigenvalue weighted by atomic mass is 16.5. The van der Waals surface area contributed by atoms with Gasteiger partial charge < -0.3 is 4.74 Å². The number of methoxy groups -OCH3 is 1. The molecule has 1 atom stereocenters. The van der Waals surface area contributed by atoms with E-state index in [-0.39, 0.29) is 5.97 Å². The minimum Gasteiger partial charge on any atom is -0.468 e. The van der Waals surface area contributed by atoms with Crippen molar-refractivity contribution in [2.45, 2.75) is 26.8 Å². The van der Waals surface area contributed by atoms with Crippen molar-refractivity contribution in [3.63, 3.8) is 0 Å². The molecule has 1 aromatic carbocycles. The lowest BCUT2D eigenvalue weighted by atomic mass is 9.95. The summed E-state index contributed by atoms with van der Waals surface area (Å²) in [6, 6.07) is 3.70. The van der Waals surface area contributed by atoms with E-state index in [1.807, 2.05) is 19.9 Å². The van der Waals surface area contributed by atoms with Gasteiger partial charge in [0.05, 0.1) is 7.11 Å². The Bertz CT molecular complexity index is 452. The van der Waals surface area contributed by atoms with Crippen molar-refractivity contribution in [2.75, 3.05) is 13.7 Å². The van der Waals surface area contributed by atoms with E-state index in [0.29, 0.717) is 6.54 Å². The van der Waals surface area contributed by atoms with Crippen LogP contribution in [0.2, 0.25) is 0 Å². The zero-order valence-electron chi connectivity index (χ0n) is 11.5. The molecule has 0 aliphatic rings. The maximum atomic E-state index is 11.8. The zero-order valence-corrected chi connectivity index (χ0v) is 11.5. The Morgan fingerprint density at radius 1 is 1.33 bits per heavy atom. The largest absolute Gasteiger partial charge is 0.468 e. The number of hydrogen-bond donors (Lipinski definition) is 1. The van der Waals surface area contributed by atoms with Crippen LogP contribution in [0.15, 0.2) is 24.8 Å². The Hall–Kier alpha value is -1.61. The molecule has 1 rings (SSSR count). The molecule has 0 bridgehead atoms. The Labute approximate surface area is 109 Å². The summed E-state index contributed by atoms with van der Waals surface area (Å²) in [5.41, 5.74) is 4.45. The van der Waals surface area contributed by atoms with Crippen LogP contribution in [0.3, 0.4) is 0 Å². The second-order valence-electron chi connectivity index (χ2n) is 4.45. The Balaban J connectivity index is 3.15. The van der Waals surface area contributed by atoms with Gasteiger partial charge in [-0.2, -0.15) is 0 Å². The van der Waals surface area contributed by atoms with Crippen molar-refractivity contribution in [3.05, 3.63) is 47.0 Å². The lowest BCUT2D eigenvalue weighted by Crippen LogP contribution is -2.30. The van der Waals surface area contributed by atoms with Gasteiger partial charge in [-0.15, -0.1) is 6.58 Å². The van der Waals surface area contributed by atoms with Gasteiger partial charge in [-0.3, -0.25) is 5.32 Å². The molecule has 98 valence electrons. The molecule has 1 unspecified atom stereocenters. The molecule has 0 saturated heterocycles. The van der Waals surface area contributed by atoms with Gasteiger partial charge in [0.2, 0.25) is 0 Å². The lowest BCUT2D eigenvalue weighted by molar-refractivity contribution is -0.143. The van der Waals surface area contributed by atoms with Crippen LogP contribution >= 0.6 is 0 Å². The van der Waals surface area contributed by atoms with Crippen LogP contribution in [0.5, 0.6) is 0 Å². The average molecular weight is 247 g/mol. The van der Waals surface area contributed by atoms with E-state index >= 15 is 0 Å². The van der Waals surface area contributed by atoms with Crippen molar-refractivity contribution in [1.29, 1.82) is 0 Å². The SMILES string of the molecule is C=CCNC(C(=O)OC)c1cc(C)c(C)cc1C. The summed E-state index contributed by atoms with van der Waals surface area (Å²) in [7, 11) is 1.40. The van der Waals surface area contributed by atoms with Crippen LogP contribution in [-0.4, -0.2) is 19.6 Å². The van der Waals surface area contributed by atoms with Gasteiger partial charge in [0.15, 0.2) is 0 Å². The number of ether oxygens (including phenoxy) is 1. The molecule has 1 aromatic rings. The second-order valence-corrected chi connectivity index (χ2v) is 4.45. The van der Waals surface area contributed by atoms with E-state index in [1.165, 1.54) is 18.2 Å². The van der Waals surface area contributed by atoms with E-state index < -0.39 is 6.04 Å². The molecule has 0 amide bonds. The predicted molar refractivity (Wildman–Crippen MR) is 73.6 cm³/mol. The minimum absolute atomic E-state index is 0.275. The molecule has 3 nitrogen and oxygen atoms in total. The summed E-state index contributed by atoms with van der Waals surface area (Å²) in [6.45, 7) is 10.3. The monoisotopic (exact) mass is 247 g/mol. The molecule has 1 N–H and O–H groups in total. The van der Waals surface area contributed by atoms with Gasteiger partial charge in [0.25, 0.3) is 0 Å². The number of esters is 1. The standard InChI is InChI=1S/C15H21NO2/c1-6-7-16-14(15(17)18-5)13-9-11(3)10(2)8-12(13)4/h6,8-9,14,16H,1,7H2,2-5H3. The summed E-state index contributed by atoms with van der Waals surface area (Å²) < 4.78 is 4.85. The highest BCUT2D eigenvalue weighted by molar-refractivity contribution is 5.78. The Morgan fingerprint density at radius 2 is 1.94 bits per heavy atom. The summed E-state index contributed by atoms with van der Waals surface area (Å²) in [5.74, 6) is -0.275. The third-order valence-electron chi connectivity index (χ3n) is 3.10. The number of rotatable bonds is 5. The van der Waals surface area contributed by atoms with Gasteiger partial charge in [-0.05, 0) is 43.0 Å². The number of nitrogens with one attached hydrogen (secondary N) is 1. The van der Waals surface area contributed by atoms with Crippen molar-refractivity contribution in [1.82, 2.24) is 5.32 Å². The van der Waals surface area contributed by atoms with Crippen LogP contribution < -0.4 is 5.32 Å². The van der Waals surface area contributed by atoms with Gasteiger partial charge in [0, 0.05) is 6.54 Å². The maximum Gasteiger partial charge on any atom is 0.327 e. The summed E-state index contributed by atoms with van der Waals surface area (Å²) in [5, 5.41) is 3.13. The van der Waals surface area contributed by atoms with E-state index in [0.717, 1.165) is 11.1 Å². The predicted octanol–water partition coefficient (Wildman–Crippen LogP) is 2.60. The average Bonchev–Trinajstić information content (AvgIpc) is 2.35. The highest BCUT2D eigenvalue weighted by Gasteiger charge is 2.22. The molecule has 0 saturated carbocycles. The van der Waals surface area contributed by atoms with Crippen molar-refractivity contribution in [2.24, 2.45) is 0 Å². The van der Waals surface area contributed by atoms with Crippen molar-refractivity contribution in [3.8, 4) is 0 Å². The minimum atomic E-state index is -0.438. The quantitative estimate of drug-likeness (QED) is 0.642. The topological polar surface area (TPSA) is 38.3 Å². The van der Waals surface area contributed by atoms with Crippen LogP contribution in [0.1, 0.15) is 28.3 Å². The van der Waals surface area contributed by atoms with Gasteiger partial charge in [0.1, 0.15) is 6.04 Å². The first-order valence-electron chi connectivity index (χ1n) is 6.01. The molecule has 0 aromatic heterocycles. The molecule has 0 heterocycles. The first-order chi connectivity index (χ1) is 8.51. The van der Waals surface area contributed by atoms with Crippen LogP contribution in [-0.2, 0) is 9.53 Å². The number of carbonyl (C=O) groups excluding carboxylic acids is 1. The molecule has 0 radical (unpaired) electrons. The third-order valence-corrected chi connectivity index (χ3v) is 3.10. The normalized spacial score (nSPS) is 12.0. The van der Waals surface area contributed by atoms with Gasteiger partial charge in [-0.25, -0.2) is 4.79 Å². The van der Waals surface area contributed by atoms with Crippen LogP contribution in [0.25, 0.3) is 0 Å². The number of carbonyl (C=O) groups is 1. The van der Waals surface area contributed by atoms with Crippen LogP contribution in [0.4, 0.5) is 0 Å². The smallest absolute Gasteiger partial charge is 0.327 e. The first-order valence-corrected chi connectivity index (χ1v) is 6.01. The second kappa shape index (κ2) is 6.36. The lowest BCUT2D eigenvalue weighted by Gasteiger charge is -2.19. The van der Waals surface area contributed by atoms with Gasteiger partial charge >= 0.3 is 5.97 Å². The van der Waals surface area contributed by atoms with E-state index in [4.69, 9.17) is 4.74 Å². The molecule has 0 fully saturated rings. The Morgan fingerprint density at radius 3 is 2.50 bits per heavy atom. The molecule has 0 spiro atoms. The molecular weight excluding hydrogens is 226 g/mol. The molecule has 3 heteroatoms. The molecule has 0 aliphatic heterocycles. The number of benzene rings is 1. The van der Waals surface area contributed by atoms with E-state index in [1.54, 1.807) is 6.08 Å². The van der Waals surface area contributed by atoms with E-state index in [2.05, 4.69) is 24.9 Å². The van der Waals surface area contributed by atoms with Crippen molar-refractivity contribution < 1.29 is 9.53 Å². The molecule has 18 heavy (non-hydrogen) atoms. The summed E-state index contributed by atoms with van der Waals surface area (Å²) in [4.78, 5) is 11.8. The zero-order chi connectivity index (χ0) is 13.7. The summed E-state index contributed by atoms with van der Waals surface area (Å²) >= 11 is 0. The van der Waals surface area contributed by atoms with Crippen molar-refractivity contribution >= 4 is 5.97 Å². The molecular formula is C15H21NO2. The number of hydrogen-bond acceptors (Lipinski definition) is 3. The fraction of sp³-hybridized carbons (Fsp3) is 0.400. The Kier molecular flexibility index (Phi) is 5.10. The van der Waals surface area contributed by atoms with Crippen LogP contribution in [0, 0.1) is 20.8 Å². The molecule has 0 aliphatic carbocycles. The highest BCUT2D eigenvalue weighted by Crippen LogP contribution is 2.22.